The highest BCUT2D eigenvalue weighted by atomic mass is 35.5. The number of nitrogens with two attached hydrogens (primary N) is 1. The SMILES string of the molecule is COc1cc(Cl)c(C(N)c2cc(Cl)ccc2F)cc1OC. The summed E-state index contributed by atoms with van der Waals surface area (Å²) in [6.45, 7) is 0. The molecule has 0 aliphatic rings. The Balaban J connectivity index is 2.52. The standard InChI is InChI=1S/C15H14Cl2FNO2/c1-20-13-6-9(11(17)7-14(13)21-2)15(19)10-5-8(16)3-4-12(10)18/h3-7,15H,19H2,1-2H3. The van der Waals surface area contributed by atoms with Gasteiger partial charge in [0, 0.05) is 21.7 Å². The molecule has 0 radical (unpaired) electrons. The average Bonchev–Trinajstić information content (AvgIpc) is 2.48. The number of hydrogen-bond donors (Lipinski definition) is 1. The maximum Gasteiger partial charge on any atom is 0.162 e. The Morgan fingerprint density at radius 2 is 1.62 bits per heavy atom. The van der Waals surface area contributed by atoms with E-state index >= 15 is 0 Å². The lowest BCUT2D eigenvalue weighted by Crippen LogP contribution is -2.14. The van der Waals surface area contributed by atoms with E-state index in [-0.39, 0.29) is 5.56 Å². The van der Waals surface area contributed by atoms with Crippen molar-refractivity contribution in [2.24, 2.45) is 5.73 Å². The van der Waals surface area contributed by atoms with Crippen molar-refractivity contribution < 1.29 is 13.9 Å². The van der Waals surface area contributed by atoms with Gasteiger partial charge in [-0.05, 0) is 29.8 Å². The monoisotopic (exact) mass is 329 g/mol. The van der Waals surface area contributed by atoms with Gasteiger partial charge in [0.25, 0.3) is 0 Å². The zero-order valence-electron chi connectivity index (χ0n) is 11.5. The van der Waals surface area contributed by atoms with Crippen LogP contribution in [0.15, 0.2) is 30.3 Å². The van der Waals surface area contributed by atoms with E-state index in [1.54, 1.807) is 12.1 Å². The third-order valence-electron chi connectivity index (χ3n) is 3.13. The van der Waals surface area contributed by atoms with Gasteiger partial charge in [-0.3, -0.25) is 0 Å². The molecule has 2 aromatic carbocycles. The fourth-order valence-corrected chi connectivity index (χ4v) is 2.48. The second-order valence-electron chi connectivity index (χ2n) is 4.37. The first-order valence-electron chi connectivity index (χ1n) is 6.10. The van der Waals surface area contributed by atoms with Crippen molar-refractivity contribution in [3.63, 3.8) is 0 Å². The maximum absolute atomic E-state index is 13.9. The Bertz CT molecular complexity index is 664. The second-order valence-corrected chi connectivity index (χ2v) is 5.22. The number of halogens is 3. The van der Waals surface area contributed by atoms with Gasteiger partial charge >= 0.3 is 0 Å². The van der Waals surface area contributed by atoms with E-state index < -0.39 is 11.9 Å². The molecule has 2 rings (SSSR count). The Kier molecular flexibility index (Phi) is 4.93. The zero-order valence-corrected chi connectivity index (χ0v) is 13.0. The number of benzene rings is 2. The first-order valence-corrected chi connectivity index (χ1v) is 6.85. The minimum atomic E-state index is -0.768. The molecule has 0 aromatic heterocycles. The fourth-order valence-electron chi connectivity index (χ4n) is 2.03. The summed E-state index contributed by atoms with van der Waals surface area (Å²) in [6, 6.07) is 6.66. The van der Waals surface area contributed by atoms with E-state index in [1.165, 1.54) is 32.4 Å². The molecule has 0 aliphatic carbocycles. The van der Waals surface area contributed by atoms with Crippen molar-refractivity contribution in [3.8, 4) is 11.5 Å². The first-order chi connectivity index (χ1) is 9.97. The van der Waals surface area contributed by atoms with Gasteiger partial charge in [-0.25, -0.2) is 4.39 Å². The number of ether oxygens (including phenoxy) is 2. The molecule has 0 spiro atoms. The van der Waals surface area contributed by atoms with Gasteiger partial charge in [-0.2, -0.15) is 0 Å². The molecule has 1 atom stereocenters. The van der Waals surface area contributed by atoms with Crippen LogP contribution < -0.4 is 15.2 Å². The van der Waals surface area contributed by atoms with Crippen molar-refractivity contribution in [1.82, 2.24) is 0 Å². The van der Waals surface area contributed by atoms with Crippen molar-refractivity contribution in [3.05, 3.63) is 57.3 Å². The summed E-state index contributed by atoms with van der Waals surface area (Å²) in [7, 11) is 3.01. The van der Waals surface area contributed by atoms with Crippen LogP contribution in [0.4, 0.5) is 4.39 Å². The molecule has 21 heavy (non-hydrogen) atoms. The van der Waals surface area contributed by atoms with Crippen LogP contribution in [-0.4, -0.2) is 14.2 Å². The van der Waals surface area contributed by atoms with E-state index in [9.17, 15) is 4.39 Å². The van der Waals surface area contributed by atoms with E-state index in [1.807, 2.05) is 0 Å². The zero-order chi connectivity index (χ0) is 15.6. The largest absolute Gasteiger partial charge is 0.493 e. The van der Waals surface area contributed by atoms with Crippen LogP contribution in [0.1, 0.15) is 17.2 Å². The van der Waals surface area contributed by atoms with Crippen molar-refractivity contribution in [2.45, 2.75) is 6.04 Å². The van der Waals surface area contributed by atoms with Crippen LogP contribution in [0.5, 0.6) is 11.5 Å². The topological polar surface area (TPSA) is 44.5 Å². The predicted molar refractivity (Wildman–Crippen MR) is 82.0 cm³/mol. The third kappa shape index (κ3) is 3.23. The molecule has 2 N–H and O–H groups in total. The summed E-state index contributed by atoms with van der Waals surface area (Å²) in [5.41, 5.74) is 6.91. The molecule has 0 amide bonds. The molecule has 0 saturated carbocycles. The molecule has 3 nitrogen and oxygen atoms in total. The molecule has 0 fully saturated rings. The van der Waals surface area contributed by atoms with Crippen LogP contribution in [-0.2, 0) is 0 Å². The highest BCUT2D eigenvalue weighted by molar-refractivity contribution is 6.31. The minimum absolute atomic E-state index is 0.261. The van der Waals surface area contributed by atoms with E-state index in [2.05, 4.69) is 0 Å². The summed E-state index contributed by atoms with van der Waals surface area (Å²) < 4.78 is 24.3. The van der Waals surface area contributed by atoms with Crippen LogP contribution in [0.3, 0.4) is 0 Å². The number of hydrogen-bond acceptors (Lipinski definition) is 3. The Morgan fingerprint density at radius 3 is 2.24 bits per heavy atom. The smallest absolute Gasteiger partial charge is 0.162 e. The minimum Gasteiger partial charge on any atom is -0.493 e. The molecular weight excluding hydrogens is 316 g/mol. The average molecular weight is 330 g/mol. The van der Waals surface area contributed by atoms with Crippen molar-refractivity contribution >= 4 is 23.2 Å². The lowest BCUT2D eigenvalue weighted by atomic mass is 9.98. The van der Waals surface area contributed by atoms with Crippen molar-refractivity contribution in [2.75, 3.05) is 14.2 Å². The number of rotatable bonds is 4. The van der Waals surface area contributed by atoms with Gasteiger partial charge in [0.15, 0.2) is 11.5 Å². The van der Waals surface area contributed by atoms with E-state index in [0.29, 0.717) is 27.1 Å². The molecule has 0 heterocycles. The summed E-state index contributed by atoms with van der Waals surface area (Å²) in [5.74, 6) is 0.498. The molecule has 0 aliphatic heterocycles. The fraction of sp³-hybridized carbons (Fsp3) is 0.200. The van der Waals surface area contributed by atoms with Crippen LogP contribution >= 0.6 is 23.2 Å². The summed E-state index contributed by atoms with van der Waals surface area (Å²) >= 11 is 12.1. The van der Waals surface area contributed by atoms with E-state index in [0.717, 1.165) is 0 Å². The Morgan fingerprint density at radius 1 is 1.00 bits per heavy atom. The van der Waals surface area contributed by atoms with E-state index in [4.69, 9.17) is 38.4 Å². The molecule has 2 aromatic rings. The first kappa shape index (κ1) is 15.9. The lowest BCUT2D eigenvalue weighted by molar-refractivity contribution is 0.354. The second kappa shape index (κ2) is 6.52. The molecule has 112 valence electrons. The molecule has 0 saturated heterocycles. The lowest BCUT2D eigenvalue weighted by Gasteiger charge is -2.18. The maximum atomic E-state index is 13.9. The summed E-state index contributed by atoms with van der Waals surface area (Å²) in [4.78, 5) is 0. The molecule has 1 unspecified atom stereocenters. The molecule has 0 bridgehead atoms. The molecule has 6 heteroatoms. The normalized spacial score (nSPS) is 12.1. The Labute approximate surface area is 132 Å². The summed E-state index contributed by atoms with van der Waals surface area (Å²) in [5, 5.41) is 0.762. The van der Waals surface area contributed by atoms with Crippen LogP contribution in [0.2, 0.25) is 10.0 Å². The molecular formula is C15H14Cl2FNO2. The van der Waals surface area contributed by atoms with Gasteiger partial charge < -0.3 is 15.2 Å². The highest BCUT2D eigenvalue weighted by Crippen LogP contribution is 2.37. The Hall–Kier alpha value is -1.49. The number of methoxy groups -OCH3 is 2. The van der Waals surface area contributed by atoms with Crippen molar-refractivity contribution in [1.29, 1.82) is 0 Å². The van der Waals surface area contributed by atoms with Gasteiger partial charge in [0.1, 0.15) is 5.82 Å². The third-order valence-corrected chi connectivity index (χ3v) is 3.69. The van der Waals surface area contributed by atoms with Gasteiger partial charge in [0.2, 0.25) is 0 Å². The predicted octanol–water partition coefficient (Wildman–Crippen LogP) is 4.20. The van der Waals surface area contributed by atoms with Crippen LogP contribution in [0, 0.1) is 5.82 Å². The quantitative estimate of drug-likeness (QED) is 0.914. The van der Waals surface area contributed by atoms with Crippen LogP contribution in [0.25, 0.3) is 0 Å². The van der Waals surface area contributed by atoms with Gasteiger partial charge in [-0.1, -0.05) is 23.2 Å². The van der Waals surface area contributed by atoms with Gasteiger partial charge in [0.05, 0.1) is 20.3 Å². The summed E-state index contributed by atoms with van der Waals surface area (Å²) in [6.07, 6.45) is 0. The highest BCUT2D eigenvalue weighted by Gasteiger charge is 2.19. The van der Waals surface area contributed by atoms with Gasteiger partial charge in [-0.15, -0.1) is 0 Å².